The molecule has 1 aromatic carbocycles. The van der Waals surface area contributed by atoms with E-state index in [4.69, 9.17) is 16.4 Å². The number of allylic oxidation sites excluding steroid dienone is 1. The van der Waals surface area contributed by atoms with Crippen molar-refractivity contribution in [3.05, 3.63) is 45.0 Å². The van der Waals surface area contributed by atoms with Crippen LogP contribution in [0.5, 0.6) is 0 Å². The largest absolute Gasteiger partial charge is 0.434 e. The van der Waals surface area contributed by atoms with E-state index in [1.807, 2.05) is 13.0 Å². The van der Waals surface area contributed by atoms with Gasteiger partial charge < -0.3 is 0 Å². The molecular weight excluding hydrogens is 441 g/mol. The molecule has 2 rings (SSSR count). The number of hydroxylamine groups is 2. The fourth-order valence-corrected chi connectivity index (χ4v) is 4.11. The lowest BCUT2D eigenvalue weighted by Gasteiger charge is -2.39. The van der Waals surface area contributed by atoms with E-state index < -0.39 is 23.3 Å². The van der Waals surface area contributed by atoms with Crippen LogP contribution in [0.25, 0.3) is 0 Å². The minimum absolute atomic E-state index is 0.0394. The first-order valence-corrected chi connectivity index (χ1v) is 9.63. The number of benzene rings is 1. The molecule has 136 valence electrons. The Hall–Kier alpha value is -0.880. The summed E-state index contributed by atoms with van der Waals surface area (Å²) in [6.45, 7) is 3.44. The van der Waals surface area contributed by atoms with E-state index in [0.717, 1.165) is 5.06 Å². The number of rotatable bonds is 5. The Balaban J connectivity index is 2.58. The maximum atomic E-state index is 13.7. The summed E-state index contributed by atoms with van der Waals surface area (Å²) in [5, 5.41) is 10.8. The van der Waals surface area contributed by atoms with E-state index in [1.165, 1.54) is 11.8 Å². The summed E-state index contributed by atoms with van der Waals surface area (Å²) < 4.78 is 40.7. The number of nitrogens with zero attached hydrogens (tertiary/aromatic N) is 2. The molecular formula is C16H15BrClF3N2OS. The van der Waals surface area contributed by atoms with E-state index in [0.29, 0.717) is 16.3 Å². The second kappa shape index (κ2) is 7.78. The van der Waals surface area contributed by atoms with Crippen LogP contribution >= 0.6 is 39.3 Å². The van der Waals surface area contributed by atoms with Crippen molar-refractivity contribution in [1.29, 1.82) is 5.26 Å². The van der Waals surface area contributed by atoms with Gasteiger partial charge in [0.15, 0.2) is 5.70 Å². The SMILES string of the molecule is CCSCON1C(C(F)(F)F)=C(Br)C(C#N)C1(C)c1ccc(Cl)cc1. The first-order valence-electron chi connectivity index (χ1n) is 7.31. The van der Waals surface area contributed by atoms with Gasteiger partial charge in [-0.15, -0.1) is 11.8 Å². The number of thioether (sulfide) groups is 1. The molecule has 2 unspecified atom stereocenters. The monoisotopic (exact) mass is 454 g/mol. The minimum Gasteiger partial charge on any atom is -0.262 e. The van der Waals surface area contributed by atoms with E-state index in [1.54, 1.807) is 31.2 Å². The lowest BCUT2D eigenvalue weighted by atomic mass is 9.82. The van der Waals surface area contributed by atoms with Crippen LogP contribution in [0.2, 0.25) is 5.02 Å². The van der Waals surface area contributed by atoms with Crippen LogP contribution < -0.4 is 0 Å². The summed E-state index contributed by atoms with van der Waals surface area (Å²) in [5.41, 5.74) is -1.84. The van der Waals surface area contributed by atoms with Gasteiger partial charge in [0.2, 0.25) is 0 Å². The summed E-state index contributed by atoms with van der Waals surface area (Å²) >= 11 is 10.2. The molecule has 1 aliphatic rings. The van der Waals surface area contributed by atoms with Gasteiger partial charge in [0.05, 0.1) is 6.07 Å². The van der Waals surface area contributed by atoms with E-state index >= 15 is 0 Å². The molecule has 0 N–H and O–H groups in total. The van der Waals surface area contributed by atoms with Gasteiger partial charge in [0.1, 0.15) is 17.4 Å². The number of hydrogen-bond acceptors (Lipinski definition) is 4. The van der Waals surface area contributed by atoms with E-state index in [2.05, 4.69) is 15.9 Å². The highest BCUT2D eigenvalue weighted by Gasteiger charge is 2.59. The molecule has 9 heteroatoms. The van der Waals surface area contributed by atoms with Crippen LogP contribution in [0.1, 0.15) is 19.4 Å². The van der Waals surface area contributed by atoms with Crippen molar-refractivity contribution < 1.29 is 18.0 Å². The standard InChI is InChI=1S/C16H15BrClF3N2OS/c1-3-25-9-24-23-14(16(19,20)21)13(17)12(8-22)15(23,2)10-4-6-11(18)7-5-10/h4-7,12H,3,9H2,1-2H3. The van der Waals surface area contributed by atoms with E-state index in [-0.39, 0.29) is 10.4 Å². The minimum atomic E-state index is -4.67. The molecule has 0 saturated heterocycles. The predicted molar refractivity (Wildman–Crippen MR) is 95.8 cm³/mol. The molecule has 2 atom stereocenters. The second-order valence-corrected chi connectivity index (χ2v) is 7.96. The van der Waals surface area contributed by atoms with Crippen molar-refractivity contribution >= 4 is 39.3 Å². The number of hydrogen-bond donors (Lipinski definition) is 0. The zero-order chi connectivity index (χ0) is 18.8. The Morgan fingerprint density at radius 3 is 2.48 bits per heavy atom. The third-order valence-corrected chi connectivity index (χ3v) is 5.73. The van der Waals surface area contributed by atoms with Gasteiger partial charge in [-0.3, -0.25) is 4.84 Å². The molecule has 0 aliphatic carbocycles. The highest BCUT2D eigenvalue weighted by Crippen LogP contribution is 2.54. The maximum absolute atomic E-state index is 13.7. The van der Waals surface area contributed by atoms with Gasteiger partial charge in [-0.1, -0.05) is 46.6 Å². The molecule has 0 aromatic heterocycles. The predicted octanol–water partition coefficient (Wildman–Crippen LogP) is 5.82. The fourth-order valence-electron chi connectivity index (χ4n) is 2.71. The van der Waals surface area contributed by atoms with Crippen LogP contribution in [0.15, 0.2) is 34.4 Å². The first-order chi connectivity index (χ1) is 11.7. The number of alkyl halides is 3. The zero-order valence-corrected chi connectivity index (χ0v) is 16.6. The van der Waals surface area contributed by atoms with Crippen molar-refractivity contribution in [2.75, 3.05) is 11.7 Å². The van der Waals surface area contributed by atoms with Gasteiger partial charge in [-0.2, -0.15) is 18.4 Å². The Morgan fingerprint density at radius 2 is 2.00 bits per heavy atom. The maximum Gasteiger partial charge on any atom is 0.434 e. The van der Waals surface area contributed by atoms with Crippen LogP contribution in [-0.4, -0.2) is 22.9 Å². The summed E-state index contributed by atoms with van der Waals surface area (Å²) in [5.74, 6) is -0.353. The van der Waals surface area contributed by atoms with Crippen LogP contribution in [0, 0.1) is 17.2 Å². The van der Waals surface area contributed by atoms with Gasteiger partial charge in [-0.25, -0.2) is 5.06 Å². The first kappa shape index (κ1) is 20.4. The lowest BCUT2D eigenvalue weighted by Crippen LogP contribution is -2.45. The molecule has 1 heterocycles. The second-order valence-electron chi connectivity index (χ2n) is 5.44. The van der Waals surface area contributed by atoms with Crippen molar-refractivity contribution in [3.63, 3.8) is 0 Å². The molecule has 1 aliphatic heterocycles. The molecule has 25 heavy (non-hydrogen) atoms. The van der Waals surface area contributed by atoms with Crippen molar-refractivity contribution in [3.8, 4) is 6.07 Å². The molecule has 0 saturated carbocycles. The van der Waals surface area contributed by atoms with Crippen LogP contribution in [0.4, 0.5) is 13.2 Å². The molecule has 0 radical (unpaired) electrons. The highest BCUT2D eigenvalue weighted by atomic mass is 79.9. The third-order valence-electron chi connectivity index (χ3n) is 3.96. The summed E-state index contributed by atoms with van der Waals surface area (Å²) in [7, 11) is 0. The van der Waals surface area contributed by atoms with Crippen LogP contribution in [-0.2, 0) is 10.4 Å². The zero-order valence-electron chi connectivity index (χ0n) is 13.4. The summed E-state index contributed by atoms with van der Waals surface area (Å²) in [6.07, 6.45) is -4.67. The fraction of sp³-hybridized carbons (Fsp3) is 0.438. The summed E-state index contributed by atoms with van der Waals surface area (Å²) in [6, 6.07) is 8.34. The molecule has 0 spiro atoms. The number of nitriles is 1. The third kappa shape index (κ3) is 3.80. The average Bonchev–Trinajstić information content (AvgIpc) is 2.76. The molecule has 0 fully saturated rings. The van der Waals surface area contributed by atoms with Crippen molar-refractivity contribution in [2.24, 2.45) is 5.92 Å². The lowest BCUT2D eigenvalue weighted by molar-refractivity contribution is -0.222. The summed E-state index contributed by atoms with van der Waals surface area (Å²) in [4.78, 5) is 5.49. The number of halogens is 5. The quantitative estimate of drug-likeness (QED) is 0.414. The van der Waals surface area contributed by atoms with Gasteiger partial charge >= 0.3 is 6.18 Å². The Labute approximate surface area is 161 Å². The van der Waals surface area contributed by atoms with Crippen LogP contribution in [0.3, 0.4) is 0 Å². The Bertz CT molecular complexity index is 705. The van der Waals surface area contributed by atoms with Crippen molar-refractivity contribution in [1.82, 2.24) is 5.06 Å². The van der Waals surface area contributed by atoms with Gasteiger partial charge in [0, 0.05) is 9.51 Å². The molecule has 3 nitrogen and oxygen atoms in total. The molecule has 0 bridgehead atoms. The topological polar surface area (TPSA) is 36.3 Å². The Kier molecular flexibility index (Phi) is 6.36. The normalized spacial score (nSPS) is 23.9. The molecule has 0 amide bonds. The van der Waals surface area contributed by atoms with Crippen molar-refractivity contribution in [2.45, 2.75) is 25.6 Å². The van der Waals surface area contributed by atoms with Gasteiger partial charge in [-0.05, 0) is 30.4 Å². The average molecular weight is 456 g/mol. The molecule has 1 aromatic rings. The van der Waals surface area contributed by atoms with Gasteiger partial charge in [0.25, 0.3) is 0 Å². The highest BCUT2D eigenvalue weighted by molar-refractivity contribution is 9.11. The van der Waals surface area contributed by atoms with E-state index in [9.17, 15) is 18.4 Å². The smallest absolute Gasteiger partial charge is 0.262 e. The Morgan fingerprint density at radius 1 is 1.40 bits per heavy atom.